The number of fused-ring (bicyclic) bond motifs is 1. The molecule has 4 rings (SSSR count). The summed E-state index contributed by atoms with van der Waals surface area (Å²) >= 11 is 0. The summed E-state index contributed by atoms with van der Waals surface area (Å²) in [5.74, 6) is 1.22. The first-order chi connectivity index (χ1) is 15.6. The molecule has 0 aromatic heterocycles. The molecule has 2 aromatic rings. The molecule has 1 saturated carbocycles. The lowest BCUT2D eigenvalue weighted by molar-refractivity contribution is 0.0938. The van der Waals surface area contributed by atoms with Crippen molar-refractivity contribution in [2.24, 2.45) is 5.92 Å². The molecule has 2 aromatic carbocycles. The molecule has 1 aliphatic heterocycles. The molecule has 0 saturated heterocycles. The Morgan fingerprint density at radius 1 is 1.12 bits per heavy atom. The standard InChI is InChI=1S/C28H36N2O2/c1-4-6-11-24-19(3)25-18-21(28(31)29-22-9-7-8-10-22)14-17-26(25)30-27(24)20-12-15-23(16-13-20)32-5-2/h12-18,22,24,27,30H,3-11H2,1-2H3,(H,29,31). The van der Waals surface area contributed by atoms with E-state index >= 15 is 0 Å². The minimum atomic E-state index is 0.0336. The normalized spacial score (nSPS) is 20.5. The maximum absolute atomic E-state index is 12.8. The van der Waals surface area contributed by atoms with Crippen LogP contribution >= 0.6 is 0 Å². The van der Waals surface area contributed by atoms with Crippen LogP contribution in [0.2, 0.25) is 0 Å². The zero-order valence-electron chi connectivity index (χ0n) is 19.5. The zero-order chi connectivity index (χ0) is 22.5. The van der Waals surface area contributed by atoms with E-state index in [2.05, 4.69) is 36.3 Å². The Bertz CT molecular complexity index is 944. The van der Waals surface area contributed by atoms with Gasteiger partial charge in [0.1, 0.15) is 5.75 Å². The second kappa shape index (κ2) is 10.2. The first-order valence-electron chi connectivity index (χ1n) is 12.2. The fourth-order valence-electron chi connectivity index (χ4n) is 5.10. The van der Waals surface area contributed by atoms with E-state index in [1.807, 2.05) is 37.3 Å². The van der Waals surface area contributed by atoms with E-state index < -0.39 is 0 Å². The van der Waals surface area contributed by atoms with Crippen molar-refractivity contribution in [2.45, 2.75) is 70.9 Å². The summed E-state index contributed by atoms with van der Waals surface area (Å²) < 4.78 is 5.62. The molecule has 2 N–H and O–H groups in total. The Morgan fingerprint density at radius 2 is 1.88 bits per heavy atom. The van der Waals surface area contributed by atoms with Gasteiger partial charge in [0.05, 0.1) is 12.6 Å². The summed E-state index contributed by atoms with van der Waals surface area (Å²) in [5.41, 5.74) is 5.23. The number of carbonyl (C=O) groups is 1. The smallest absolute Gasteiger partial charge is 0.251 e. The highest BCUT2D eigenvalue weighted by Crippen LogP contribution is 2.46. The number of unbranched alkanes of at least 4 members (excludes halogenated alkanes) is 1. The number of anilines is 1. The summed E-state index contributed by atoms with van der Waals surface area (Å²) in [4.78, 5) is 12.8. The molecular weight excluding hydrogens is 396 g/mol. The van der Waals surface area contributed by atoms with Crippen LogP contribution < -0.4 is 15.4 Å². The van der Waals surface area contributed by atoms with Crippen molar-refractivity contribution in [3.8, 4) is 5.75 Å². The summed E-state index contributed by atoms with van der Waals surface area (Å²) in [6, 6.07) is 14.9. The molecule has 0 radical (unpaired) electrons. The third kappa shape index (κ3) is 4.85. The summed E-state index contributed by atoms with van der Waals surface area (Å²) in [6.07, 6.45) is 7.97. The SMILES string of the molecule is C=C1c2cc(C(=O)NC3CCCC3)ccc2NC(c2ccc(OCC)cc2)C1CCCC. The third-order valence-electron chi connectivity index (χ3n) is 6.90. The van der Waals surface area contributed by atoms with Gasteiger partial charge in [0.2, 0.25) is 0 Å². The van der Waals surface area contributed by atoms with Crippen molar-refractivity contribution >= 4 is 17.2 Å². The molecule has 32 heavy (non-hydrogen) atoms. The van der Waals surface area contributed by atoms with Gasteiger partial charge in [0.25, 0.3) is 5.91 Å². The number of amides is 1. The van der Waals surface area contributed by atoms with Gasteiger partial charge in [-0.2, -0.15) is 0 Å². The highest BCUT2D eigenvalue weighted by molar-refractivity contribution is 5.97. The molecule has 1 fully saturated rings. The predicted octanol–water partition coefficient (Wildman–Crippen LogP) is 6.74. The van der Waals surface area contributed by atoms with Crippen LogP contribution in [0.3, 0.4) is 0 Å². The fraction of sp³-hybridized carbons (Fsp3) is 0.464. The number of nitrogens with one attached hydrogen (secondary N) is 2. The summed E-state index contributed by atoms with van der Waals surface area (Å²) in [7, 11) is 0. The molecule has 1 heterocycles. The summed E-state index contributed by atoms with van der Waals surface area (Å²) in [6.45, 7) is 9.41. The molecule has 4 nitrogen and oxygen atoms in total. The van der Waals surface area contributed by atoms with Crippen LogP contribution in [-0.4, -0.2) is 18.6 Å². The second-order valence-electron chi connectivity index (χ2n) is 9.11. The van der Waals surface area contributed by atoms with E-state index in [4.69, 9.17) is 4.74 Å². The quantitative estimate of drug-likeness (QED) is 0.485. The Kier molecular flexibility index (Phi) is 7.19. The van der Waals surface area contributed by atoms with Crippen molar-refractivity contribution in [3.05, 3.63) is 65.7 Å². The van der Waals surface area contributed by atoms with Gasteiger partial charge in [-0.1, -0.05) is 51.3 Å². The van der Waals surface area contributed by atoms with Crippen molar-refractivity contribution in [1.29, 1.82) is 0 Å². The number of ether oxygens (including phenoxy) is 1. The van der Waals surface area contributed by atoms with Crippen molar-refractivity contribution in [1.82, 2.24) is 5.32 Å². The third-order valence-corrected chi connectivity index (χ3v) is 6.90. The monoisotopic (exact) mass is 432 g/mol. The molecule has 2 atom stereocenters. The lowest BCUT2D eigenvalue weighted by Gasteiger charge is -2.37. The molecule has 1 aliphatic carbocycles. The van der Waals surface area contributed by atoms with Gasteiger partial charge < -0.3 is 15.4 Å². The van der Waals surface area contributed by atoms with Crippen LogP contribution in [0.4, 0.5) is 5.69 Å². The lowest BCUT2D eigenvalue weighted by atomic mass is 9.77. The van der Waals surface area contributed by atoms with Crippen molar-refractivity contribution < 1.29 is 9.53 Å². The Morgan fingerprint density at radius 3 is 2.56 bits per heavy atom. The van der Waals surface area contributed by atoms with Crippen LogP contribution in [0.1, 0.15) is 86.3 Å². The average Bonchev–Trinajstić information content (AvgIpc) is 3.32. The van der Waals surface area contributed by atoms with Crippen LogP contribution in [0, 0.1) is 5.92 Å². The molecule has 0 spiro atoms. The lowest BCUT2D eigenvalue weighted by Crippen LogP contribution is -2.33. The Balaban J connectivity index is 1.59. The number of carbonyl (C=O) groups excluding carboxylic acids is 1. The number of rotatable bonds is 8. The topological polar surface area (TPSA) is 50.4 Å². The zero-order valence-corrected chi connectivity index (χ0v) is 19.5. The van der Waals surface area contributed by atoms with Crippen molar-refractivity contribution in [2.75, 3.05) is 11.9 Å². The van der Waals surface area contributed by atoms with E-state index in [-0.39, 0.29) is 17.9 Å². The number of hydrogen-bond acceptors (Lipinski definition) is 3. The number of benzene rings is 2. The van der Waals surface area contributed by atoms with Gasteiger partial charge in [0.15, 0.2) is 0 Å². The van der Waals surface area contributed by atoms with E-state index in [9.17, 15) is 4.79 Å². The van der Waals surface area contributed by atoms with E-state index in [1.54, 1.807) is 0 Å². The molecule has 1 amide bonds. The van der Waals surface area contributed by atoms with Crippen LogP contribution in [0.25, 0.3) is 5.57 Å². The molecule has 2 unspecified atom stereocenters. The first kappa shape index (κ1) is 22.4. The van der Waals surface area contributed by atoms with Crippen molar-refractivity contribution in [3.63, 3.8) is 0 Å². The highest BCUT2D eigenvalue weighted by atomic mass is 16.5. The largest absolute Gasteiger partial charge is 0.494 e. The van der Waals surface area contributed by atoms with Gasteiger partial charge in [-0.25, -0.2) is 0 Å². The Hall–Kier alpha value is -2.75. The fourth-order valence-corrected chi connectivity index (χ4v) is 5.10. The molecule has 170 valence electrons. The van der Waals surface area contributed by atoms with Crippen LogP contribution in [0.5, 0.6) is 5.75 Å². The van der Waals surface area contributed by atoms with E-state index in [0.29, 0.717) is 12.6 Å². The molecule has 0 bridgehead atoms. The van der Waals surface area contributed by atoms with Crippen LogP contribution in [0.15, 0.2) is 49.0 Å². The van der Waals surface area contributed by atoms with Gasteiger partial charge in [0, 0.05) is 28.8 Å². The second-order valence-corrected chi connectivity index (χ2v) is 9.11. The molecule has 4 heteroatoms. The maximum atomic E-state index is 12.8. The van der Waals surface area contributed by atoms with Gasteiger partial charge >= 0.3 is 0 Å². The minimum absolute atomic E-state index is 0.0336. The van der Waals surface area contributed by atoms with Crippen LogP contribution in [-0.2, 0) is 0 Å². The van der Waals surface area contributed by atoms with Gasteiger partial charge in [-0.15, -0.1) is 0 Å². The minimum Gasteiger partial charge on any atom is -0.494 e. The average molecular weight is 433 g/mol. The Labute approximate surface area is 192 Å². The van der Waals surface area contributed by atoms with Gasteiger partial charge in [-0.3, -0.25) is 4.79 Å². The van der Waals surface area contributed by atoms with Gasteiger partial charge in [-0.05, 0) is 67.7 Å². The molecular formula is C28H36N2O2. The first-order valence-corrected chi connectivity index (χ1v) is 12.2. The van der Waals surface area contributed by atoms with E-state index in [0.717, 1.165) is 60.2 Å². The number of hydrogen-bond donors (Lipinski definition) is 2. The highest BCUT2D eigenvalue weighted by Gasteiger charge is 2.32. The van der Waals surface area contributed by atoms with E-state index in [1.165, 1.54) is 18.4 Å². The maximum Gasteiger partial charge on any atom is 0.251 e. The predicted molar refractivity (Wildman–Crippen MR) is 132 cm³/mol. The molecule has 2 aliphatic rings. The summed E-state index contributed by atoms with van der Waals surface area (Å²) in [5, 5.41) is 6.97.